The summed E-state index contributed by atoms with van der Waals surface area (Å²) >= 11 is 0. The fraction of sp³-hybridized carbons (Fsp3) is 0.455. The normalized spacial score (nSPS) is 22.3. The number of urea groups is 1. The second-order valence-corrected chi connectivity index (χ2v) is 4.26. The molecule has 0 spiro atoms. The molecule has 1 saturated heterocycles. The third-order valence-corrected chi connectivity index (χ3v) is 2.89. The minimum atomic E-state index is -1.12. The Bertz CT molecular complexity index is 467. The second-order valence-electron chi connectivity index (χ2n) is 4.26. The van der Waals surface area contributed by atoms with Crippen LogP contribution >= 0.6 is 0 Å². The topological polar surface area (TPSA) is 116 Å². The number of hydrogen-bond acceptors (Lipinski definition) is 5. The number of rotatable bonds is 3. The van der Waals surface area contributed by atoms with Gasteiger partial charge in [0.05, 0.1) is 18.3 Å². The van der Waals surface area contributed by atoms with Crippen molar-refractivity contribution >= 4 is 12.0 Å². The number of nitrogens with zero attached hydrogens (tertiary/aromatic N) is 3. The van der Waals surface area contributed by atoms with E-state index in [9.17, 15) is 14.7 Å². The van der Waals surface area contributed by atoms with E-state index < -0.39 is 24.1 Å². The van der Waals surface area contributed by atoms with Gasteiger partial charge in [0.1, 0.15) is 12.4 Å². The average Bonchev–Trinajstić information content (AvgIpc) is 2.79. The molecule has 0 bridgehead atoms. The monoisotopic (exact) mass is 266 g/mol. The molecule has 102 valence electrons. The van der Waals surface area contributed by atoms with Gasteiger partial charge in [0.2, 0.25) is 0 Å². The maximum Gasteiger partial charge on any atom is 0.326 e. The van der Waals surface area contributed by atoms with Crippen LogP contribution < -0.4 is 5.32 Å². The Hall–Kier alpha value is -2.22. The Kier molecular flexibility index (Phi) is 3.91. The number of aliphatic carboxylic acids is 1. The maximum atomic E-state index is 11.9. The lowest BCUT2D eigenvalue weighted by atomic mass is 10.2. The lowest BCUT2D eigenvalue weighted by Gasteiger charge is -2.21. The predicted molar refractivity (Wildman–Crippen MR) is 63.0 cm³/mol. The molecule has 19 heavy (non-hydrogen) atoms. The summed E-state index contributed by atoms with van der Waals surface area (Å²) in [5.74, 6) is -1.12. The zero-order chi connectivity index (χ0) is 13.8. The quantitative estimate of drug-likeness (QED) is 0.660. The standard InChI is InChI=1S/C11H14N4O4/c16-8-3-9(10(17)18)15(5-8)11(19)13-4-7-1-2-12-6-14-7/h1-2,6,8-9,16H,3-5H2,(H,13,19)(H,17,18)/t8-,9+/m1/s1. The average molecular weight is 266 g/mol. The van der Waals surface area contributed by atoms with Gasteiger partial charge in [-0.3, -0.25) is 0 Å². The molecule has 1 aliphatic heterocycles. The van der Waals surface area contributed by atoms with Crippen LogP contribution in [0, 0.1) is 0 Å². The molecule has 2 amide bonds. The highest BCUT2D eigenvalue weighted by molar-refractivity contribution is 5.83. The van der Waals surface area contributed by atoms with Crippen LogP contribution in [0.2, 0.25) is 0 Å². The SMILES string of the molecule is O=C(O)[C@@H]1C[C@@H](O)CN1C(=O)NCc1ccncn1. The molecule has 0 aliphatic carbocycles. The summed E-state index contributed by atoms with van der Waals surface area (Å²) in [5, 5.41) is 21.0. The van der Waals surface area contributed by atoms with Crippen molar-refractivity contribution < 1.29 is 19.8 Å². The molecular weight excluding hydrogens is 252 g/mol. The molecule has 1 fully saturated rings. The number of nitrogens with one attached hydrogen (secondary N) is 1. The van der Waals surface area contributed by atoms with Crippen LogP contribution in [-0.4, -0.2) is 55.8 Å². The van der Waals surface area contributed by atoms with E-state index in [2.05, 4.69) is 15.3 Å². The largest absolute Gasteiger partial charge is 0.480 e. The first-order valence-corrected chi connectivity index (χ1v) is 5.78. The van der Waals surface area contributed by atoms with E-state index in [0.717, 1.165) is 4.90 Å². The summed E-state index contributed by atoms with van der Waals surface area (Å²) < 4.78 is 0. The third kappa shape index (κ3) is 3.16. The van der Waals surface area contributed by atoms with Crippen LogP contribution in [0.1, 0.15) is 12.1 Å². The Labute approximate surface area is 109 Å². The molecule has 8 nitrogen and oxygen atoms in total. The molecule has 0 unspecified atom stereocenters. The van der Waals surface area contributed by atoms with Gasteiger partial charge < -0.3 is 20.4 Å². The molecule has 0 radical (unpaired) electrons. The number of aromatic nitrogens is 2. The first kappa shape index (κ1) is 13.2. The van der Waals surface area contributed by atoms with Gasteiger partial charge in [-0.05, 0) is 6.07 Å². The third-order valence-electron chi connectivity index (χ3n) is 2.89. The molecular formula is C11H14N4O4. The zero-order valence-corrected chi connectivity index (χ0v) is 10.1. The predicted octanol–water partition coefficient (Wildman–Crippen LogP) is -0.794. The number of carbonyl (C=O) groups is 2. The van der Waals surface area contributed by atoms with Crippen molar-refractivity contribution in [2.24, 2.45) is 0 Å². The second kappa shape index (κ2) is 5.61. The van der Waals surface area contributed by atoms with Crippen LogP contribution in [0.25, 0.3) is 0 Å². The number of likely N-dealkylation sites (tertiary alicyclic amines) is 1. The summed E-state index contributed by atoms with van der Waals surface area (Å²) in [6, 6.07) is 0.135. The summed E-state index contributed by atoms with van der Waals surface area (Å²) in [7, 11) is 0. The molecule has 2 heterocycles. The summed E-state index contributed by atoms with van der Waals surface area (Å²) in [4.78, 5) is 31.7. The molecule has 2 atom stereocenters. The van der Waals surface area contributed by atoms with Crippen molar-refractivity contribution in [3.63, 3.8) is 0 Å². The lowest BCUT2D eigenvalue weighted by Crippen LogP contribution is -2.46. The number of β-amino-alcohol motifs (C(OH)–C–C–N with tert-alkyl or cyclic N) is 1. The van der Waals surface area contributed by atoms with Crippen molar-refractivity contribution in [3.05, 3.63) is 24.3 Å². The Morgan fingerprint density at radius 3 is 2.95 bits per heavy atom. The van der Waals surface area contributed by atoms with Gasteiger partial charge in [0.25, 0.3) is 0 Å². The van der Waals surface area contributed by atoms with Crippen molar-refractivity contribution in [1.82, 2.24) is 20.2 Å². The van der Waals surface area contributed by atoms with Crippen LogP contribution in [0.4, 0.5) is 4.79 Å². The highest BCUT2D eigenvalue weighted by Gasteiger charge is 2.38. The molecule has 1 aromatic rings. The van der Waals surface area contributed by atoms with E-state index in [-0.39, 0.29) is 19.5 Å². The number of aliphatic hydroxyl groups excluding tert-OH is 1. The molecule has 0 aromatic carbocycles. The fourth-order valence-electron chi connectivity index (χ4n) is 1.96. The van der Waals surface area contributed by atoms with Crippen LogP contribution in [0.3, 0.4) is 0 Å². The molecule has 1 aromatic heterocycles. The van der Waals surface area contributed by atoms with E-state index in [0.29, 0.717) is 5.69 Å². The minimum absolute atomic E-state index is 0.0204. The molecule has 3 N–H and O–H groups in total. The highest BCUT2D eigenvalue weighted by Crippen LogP contribution is 2.18. The maximum absolute atomic E-state index is 11.9. The lowest BCUT2D eigenvalue weighted by molar-refractivity contribution is -0.141. The van der Waals surface area contributed by atoms with Gasteiger partial charge in [-0.15, -0.1) is 0 Å². The van der Waals surface area contributed by atoms with Crippen molar-refractivity contribution in [2.45, 2.75) is 25.1 Å². The number of aliphatic hydroxyl groups is 1. The van der Waals surface area contributed by atoms with E-state index in [1.807, 2.05) is 0 Å². The number of carboxylic acids is 1. The minimum Gasteiger partial charge on any atom is -0.480 e. The van der Waals surface area contributed by atoms with E-state index in [4.69, 9.17) is 5.11 Å². The Balaban J connectivity index is 1.94. The summed E-state index contributed by atoms with van der Waals surface area (Å²) in [6.45, 7) is 0.201. The van der Waals surface area contributed by atoms with Gasteiger partial charge in [0.15, 0.2) is 0 Å². The van der Waals surface area contributed by atoms with Gasteiger partial charge in [0, 0.05) is 19.2 Å². The van der Waals surface area contributed by atoms with Crippen molar-refractivity contribution in [1.29, 1.82) is 0 Å². The molecule has 8 heteroatoms. The first-order chi connectivity index (χ1) is 9.08. The molecule has 1 aliphatic rings. The zero-order valence-electron chi connectivity index (χ0n) is 10.1. The summed E-state index contributed by atoms with van der Waals surface area (Å²) in [6.07, 6.45) is 2.16. The van der Waals surface area contributed by atoms with Gasteiger partial charge in [-0.25, -0.2) is 19.6 Å². The van der Waals surface area contributed by atoms with Crippen LogP contribution in [0.5, 0.6) is 0 Å². The summed E-state index contributed by atoms with van der Waals surface area (Å²) in [5.41, 5.74) is 0.620. The smallest absolute Gasteiger partial charge is 0.326 e. The Morgan fingerprint density at radius 1 is 1.53 bits per heavy atom. The molecule has 2 rings (SSSR count). The van der Waals surface area contributed by atoms with Crippen LogP contribution in [0.15, 0.2) is 18.6 Å². The molecule has 0 saturated carbocycles. The fourth-order valence-corrected chi connectivity index (χ4v) is 1.96. The van der Waals surface area contributed by atoms with Crippen molar-refractivity contribution in [3.8, 4) is 0 Å². The van der Waals surface area contributed by atoms with E-state index in [1.54, 1.807) is 12.3 Å². The number of carboxylic acid groups (broad SMARTS) is 1. The van der Waals surface area contributed by atoms with Gasteiger partial charge >= 0.3 is 12.0 Å². The van der Waals surface area contributed by atoms with Gasteiger partial charge in [-0.2, -0.15) is 0 Å². The number of carbonyl (C=O) groups excluding carboxylic acids is 1. The van der Waals surface area contributed by atoms with Crippen molar-refractivity contribution in [2.75, 3.05) is 6.54 Å². The highest BCUT2D eigenvalue weighted by atomic mass is 16.4. The number of hydrogen-bond donors (Lipinski definition) is 3. The van der Waals surface area contributed by atoms with Gasteiger partial charge in [-0.1, -0.05) is 0 Å². The number of amides is 2. The first-order valence-electron chi connectivity index (χ1n) is 5.78. The van der Waals surface area contributed by atoms with Crippen LogP contribution in [-0.2, 0) is 11.3 Å². The van der Waals surface area contributed by atoms with E-state index in [1.165, 1.54) is 6.33 Å². The Morgan fingerprint density at radius 2 is 2.32 bits per heavy atom. The van der Waals surface area contributed by atoms with E-state index >= 15 is 0 Å².